The Morgan fingerprint density at radius 3 is 2.50 bits per heavy atom. The number of hydrogen-bond acceptors (Lipinski definition) is 6. The molecule has 1 aliphatic heterocycles. The number of rotatable bonds is 7. The van der Waals surface area contributed by atoms with Gasteiger partial charge in [-0.2, -0.15) is 4.31 Å². The summed E-state index contributed by atoms with van der Waals surface area (Å²) in [5.74, 6) is 1.77. The number of nitrogens with zero attached hydrogens (tertiary/aromatic N) is 5. The molecule has 0 bridgehead atoms. The monoisotopic (exact) mass is 447 g/mol. The van der Waals surface area contributed by atoms with Gasteiger partial charge in [-0.1, -0.05) is 42.1 Å². The lowest BCUT2D eigenvalue weighted by molar-refractivity contribution is -0.129. The highest BCUT2D eigenvalue weighted by atomic mass is 32.2. The van der Waals surface area contributed by atoms with E-state index in [0.29, 0.717) is 32.1 Å². The zero-order valence-corrected chi connectivity index (χ0v) is 18.5. The molecule has 1 amide bonds. The number of sulfonamides is 1. The maximum Gasteiger partial charge on any atom is 0.236 e. The fourth-order valence-corrected chi connectivity index (χ4v) is 5.37. The van der Waals surface area contributed by atoms with E-state index in [-0.39, 0.29) is 11.7 Å². The van der Waals surface area contributed by atoms with Crippen LogP contribution in [0.1, 0.15) is 30.1 Å². The van der Waals surface area contributed by atoms with Crippen molar-refractivity contribution in [3.63, 3.8) is 0 Å². The quantitative estimate of drug-likeness (QED) is 0.603. The number of aromatic nitrogens is 3. The number of benzene rings is 1. The van der Waals surface area contributed by atoms with Crippen LogP contribution >= 0.6 is 11.8 Å². The minimum Gasteiger partial charge on any atom is -0.339 e. The summed E-state index contributed by atoms with van der Waals surface area (Å²) >= 11 is 1.38. The lowest BCUT2D eigenvalue weighted by Crippen LogP contribution is -2.50. The van der Waals surface area contributed by atoms with Crippen molar-refractivity contribution < 1.29 is 13.2 Å². The van der Waals surface area contributed by atoms with Gasteiger partial charge in [0, 0.05) is 44.6 Å². The van der Waals surface area contributed by atoms with Crippen LogP contribution in [-0.2, 0) is 21.9 Å². The molecule has 30 heavy (non-hydrogen) atoms. The Morgan fingerprint density at radius 1 is 1.13 bits per heavy atom. The van der Waals surface area contributed by atoms with Crippen LogP contribution in [0.3, 0.4) is 0 Å². The zero-order chi connectivity index (χ0) is 21.1. The van der Waals surface area contributed by atoms with Gasteiger partial charge < -0.3 is 9.47 Å². The maximum absolute atomic E-state index is 12.6. The molecule has 1 saturated carbocycles. The molecule has 160 valence electrons. The molecule has 1 aliphatic carbocycles. The van der Waals surface area contributed by atoms with Crippen LogP contribution in [0.15, 0.2) is 40.9 Å². The fourth-order valence-electron chi connectivity index (χ4n) is 3.37. The van der Waals surface area contributed by atoms with Crippen molar-refractivity contribution in [1.82, 2.24) is 24.0 Å². The van der Waals surface area contributed by atoms with Gasteiger partial charge in [0.15, 0.2) is 5.16 Å². The topological polar surface area (TPSA) is 88.4 Å². The first kappa shape index (κ1) is 21.1. The first-order chi connectivity index (χ1) is 14.4. The minimum absolute atomic E-state index is 0.00662. The van der Waals surface area contributed by atoms with Crippen molar-refractivity contribution in [2.75, 3.05) is 31.9 Å². The van der Waals surface area contributed by atoms with Crippen molar-refractivity contribution in [2.24, 2.45) is 7.05 Å². The van der Waals surface area contributed by atoms with Crippen molar-refractivity contribution in [3.8, 4) is 0 Å². The van der Waals surface area contributed by atoms with E-state index < -0.39 is 10.0 Å². The third kappa shape index (κ3) is 4.93. The molecule has 0 unspecified atom stereocenters. The molecule has 1 aromatic carbocycles. The molecular formula is C20H25N5O3S2. The molecule has 1 aromatic heterocycles. The Kier molecular flexibility index (Phi) is 6.26. The molecule has 2 aliphatic rings. The third-order valence-electron chi connectivity index (χ3n) is 5.32. The van der Waals surface area contributed by atoms with Gasteiger partial charge in [0.1, 0.15) is 5.82 Å². The Labute approximate surface area is 181 Å². The van der Waals surface area contributed by atoms with Crippen molar-refractivity contribution in [1.29, 1.82) is 0 Å². The predicted molar refractivity (Wildman–Crippen MR) is 116 cm³/mol. The molecule has 0 radical (unpaired) electrons. The fraction of sp³-hybridized carbons (Fsp3) is 0.450. The Hall–Kier alpha value is -2.17. The highest BCUT2D eigenvalue weighted by Gasteiger charge is 2.30. The van der Waals surface area contributed by atoms with E-state index >= 15 is 0 Å². The number of carbonyl (C=O) groups is 1. The summed E-state index contributed by atoms with van der Waals surface area (Å²) < 4.78 is 28.5. The number of thioether (sulfide) groups is 1. The number of carbonyl (C=O) groups excluding carboxylic acids is 1. The highest BCUT2D eigenvalue weighted by Crippen LogP contribution is 2.39. The molecular weight excluding hydrogens is 422 g/mol. The van der Waals surface area contributed by atoms with E-state index in [1.54, 1.807) is 11.0 Å². The summed E-state index contributed by atoms with van der Waals surface area (Å²) in [4.78, 5) is 14.3. The normalized spacial score (nSPS) is 18.2. The highest BCUT2D eigenvalue weighted by molar-refractivity contribution is 7.99. The molecule has 0 spiro atoms. The Bertz CT molecular complexity index is 1020. The van der Waals surface area contributed by atoms with Crippen LogP contribution < -0.4 is 0 Å². The Balaban J connectivity index is 1.27. The largest absolute Gasteiger partial charge is 0.339 e. The van der Waals surface area contributed by atoms with Crippen LogP contribution in [0.4, 0.5) is 0 Å². The van der Waals surface area contributed by atoms with E-state index in [2.05, 4.69) is 10.2 Å². The predicted octanol–water partition coefficient (Wildman–Crippen LogP) is 1.93. The van der Waals surface area contributed by atoms with Gasteiger partial charge >= 0.3 is 0 Å². The van der Waals surface area contributed by atoms with Crippen LogP contribution in [0.25, 0.3) is 6.08 Å². The van der Waals surface area contributed by atoms with E-state index in [9.17, 15) is 13.2 Å². The van der Waals surface area contributed by atoms with Gasteiger partial charge in [-0.15, -0.1) is 10.2 Å². The van der Waals surface area contributed by atoms with Gasteiger partial charge in [0.25, 0.3) is 0 Å². The van der Waals surface area contributed by atoms with Crippen LogP contribution in [0.2, 0.25) is 0 Å². The minimum atomic E-state index is -3.50. The molecule has 2 heterocycles. The van der Waals surface area contributed by atoms with Gasteiger partial charge in [-0.3, -0.25) is 4.79 Å². The van der Waals surface area contributed by atoms with Crippen molar-refractivity contribution >= 4 is 33.8 Å². The summed E-state index contributed by atoms with van der Waals surface area (Å²) in [6.07, 6.45) is 3.91. The zero-order valence-electron chi connectivity index (χ0n) is 16.8. The van der Waals surface area contributed by atoms with E-state index in [4.69, 9.17) is 0 Å². The average Bonchev–Trinajstić information content (AvgIpc) is 3.54. The summed E-state index contributed by atoms with van der Waals surface area (Å²) in [6.45, 7) is 1.38. The van der Waals surface area contributed by atoms with E-state index in [0.717, 1.165) is 29.4 Å². The van der Waals surface area contributed by atoms with Crippen LogP contribution in [0, 0.1) is 0 Å². The first-order valence-electron chi connectivity index (χ1n) is 9.97. The summed E-state index contributed by atoms with van der Waals surface area (Å²) in [7, 11) is -1.57. The Morgan fingerprint density at radius 2 is 1.83 bits per heavy atom. The summed E-state index contributed by atoms with van der Waals surface area (Å²) in [5.41, 5.74) is 0.834. The van der Waals surface area contributed by atoms with Crippen molar-refractivity contribution in [2.45, 2.75) is 23.9 Å². The van der Waals surface area contributed by atoms with Crippen molar-refractivity contribution in [3.05, 3.63) is 47.1 Å². The standard InChI is InChI=1S/C20H25N5O3S2/c1-23-19(17-7-8-17)21-22-20(23)29-15-18(26)24-10-12-25(13-11-24)30(27,28)14-9-16-5-3-2-4-6-16/h2-6,9,14,17H,7-8,10-13,15H2,1H3. The lowest BCUT2D eigenvalue weighted by Gasteiger charge is -2.33. The number of piperazine rings is 1. The summed E-state index contributed by atoms with van der Waals surface area (Å²) in [5, 5.41) is 10.4. The molecule has 2 fully saturated rings. The molecule has 1 saturated heterocycles. The molecule has 8 nitrogen and oxygen atoms in total. The van der Waals surface area contributed by atoms with E-state index in [1.165, 1.54) is 21.5 Å². The second-order valence-corrected chi connectivity index (χ2v) is 10.3. The number of amides is 1. The number of hydrogen-bond donors (Lipinski definition) is 0. The van der Waals surface area contributed by atoms with Gasteiger partial charge in [-0.25, -0.2) is 8.42 Å². The molecule has 0 atom stereocenters. The first-order valence-corrected chi connectivity index (χ1v) is 12.5. The molecule has 2 aromatic rings. The smallest absolute Gasteiger partial charge is 0.236 e. The lowest BCUT2D eigenvalue weighted by atomic mass is 10.2. The van der Waals surface area contributed by atoms with Gasteiger partial charge in [0.05, 0.1) is 5.75 Å². The van der Waals surface area contributed by atoms with Gasteiger partial charge in [-0.05, 0) is 24.5 Å². The van der Waals surface area contributed by atoms with E-state index in [1.807, 2.05) is 41.9 Å². The summed E-state index contributed by atoms with van der Waals surface area (Å²) in [6, 6.07) is 9.32. The second-order valence-electron chi connectivity index (χ2n) is 7.50. The van der Waals surface area contributed by atoms with Crippen LogP contribution in [-0.4, -0.2) is 70.2 Å². The SMILES string of the molecule is Cn1c(SCC(=O)N2CCN(S(=O)(=O)C=Cc3ccccc3)CC2)nnc1C1CC1. The average molecular weight is 448 g/mol. The van der Waals surface area contributed by atoms with Gasteiger partial charge in [0.2, 0.25) is 15.9 Å². The molecule has 0 N–H and O–H groups in total. The molecule has 10 heteroatoms. The second kappa shape index (κ2) is 8.91. The molecule has 4 rings (SSSR count). The van der Waals surface area contributed by atoms with Crippen LogP contribution in [0.5, 0.6) is 0 Å². The third-order valence-corrected chi connectivity index (χ3v) is 7.89. The maximum atomic E-state index is 12.6.